The van der Waals surface area contributed by atoms with Gasteiger partial charge in [0.05, 0.1) is 0 Å². The summed E-state index contributed by atoms with van der Waals surface area (Å²) in [7, 11) is 0. The van der Waals surface area contributed by atoms with Crippen LogP contribution in [-0.4, -0.2) is 23.6 Å². The maximum Gasteiger partial charge on any atom is 0.328 e. The highest BCUT2D eigenvalue weighted by molar-refractivity contribution is 6.05. The summed E-state index contributed by atoms with van der Waals surface area (Å²) in [5, 5.41) is 11.5. The number of amides is 3. The van der Waals surface area contributed by atoms with E-state index in [1.54, 1.807) is 19.1 Å². The molecule has 16 heavy (non-hydrogen) atoms. The summed E-state index contributed by atoms with van der Waals surface area (Å²) in [6, 6.07) is 4.36. The molecule has 0 atom stereocenters. The lowest BCUT2D eigenvalue weighted by molar-refractivity contribution is -0.120. The van der Waals surface area contributed by atoms with Crippen molar-refractivity contribution in [3.63, 3.8) is 0 Å². The predicted molar refractivity (Wildman–Crippen MR) is 58.3 cm³/mol. The van der Waals surface area contributed by atoms with Gasteiger partial charge in [-0.1, -0.05) is 0 Å². The molecule has 1 heterocycles. The first-order chi connectivity index (χ1) is 7.58. The second-order valence-corrected chi connectivity index (χ2v) is 3.73. The molecule has 0 radical (unpaired) electrons. The van der Waals surface area contributed by atoms with Crippen molar-refractivity contribution in [3.8, 4) is 5.75 Å². The highest BCUT2D eigenvalue weighted by Crippen LogP contribution is 2.25. The maximum absolute atomic E-state index is 11.6. The minimum atomic E-state index is -0.412. The van der Waals surface area contributed by atoms with E-state index in [2.05, 4.69) is 5.32 Å². The van der Waals surface area contributed by atoms with E-state index >= 15 is 0 Å². The van der Waals surface area contributed by atoms with Gasteiger partial charge in [-0.2, -0.15) is 0 Å². The molecule has 84 valence electrons. The van der Waals surface area contributed by atoms with Gasteiger partial charge in [-0.15, -0.1) is 0 Å². The molecule has 0 aliphatic carbocycles. The third-order valence-corrected chi connectivity index (χ3v) is 2.53. The Labute approximate surface area is 92.7 Å². The molecule has 0 saturated carbocycles. The van der Waals surface area contributed by atoms with E-state index in [1.807, 2.05) is 0 Å². The third-order valence-electron chi connectivity index (χ3n) is 2.53. The molecule has 0 spiro atoms. The summed E-state index contributed by atoms with van der Waals surface area (Å²) in [4.78, 5) is 24.1. The van der Waals surface area contributed by atoms with Gasteiger partial charge in [0.25, 0.3) is 0 Å². The van der Waals surface area contributed by atoms with Gasteiger partial charge in [-0.25, -0.2) is 4.79 Å². The topological polar surface area (TPSA) is 69.6 Å². The molecular formula is C11H12N2O3. The van der Waals surface area contributed by atoms with Gasteiger partial charge in [0.1, 0.15) is 5.75 Å². The van der Waals surface area contributed by atoms with Gasteiger partial charge in [-0.3, -0.25) is 15.0 Å². The zero-order valence-electron chi connectivity index (χ0n) is 8.86. The van der Waals surface area contributed by atoms with Crippen molar-refractivity contribution in [3.05, 3.63) is 23.8 Å². The second kappa shape index (κ2) is 3.84. The summed E-state index contributed by atoms with van der Waals surface area (Å²) in [5.74, 6) is -0.0903. The zero-order chi connectivity index (χ0) is 11.7. The van der Waals surface area contributed by atoms with Crippen molar-refractivity contribution in [1.29, 1.82) is 0 Å². The molecule has 2 rings (SSSR count). The number of carbonyl (C=O) groups excluding carboxylic acids is 2. The number of aromatic hydroxyl groups is 1. The van der Waals surface area contributed by atoms with Crippen molar-refractivity contribution in [2.75, 3.05) is 11.4 Å². The number of aryl methyl sites for hydroxylation is 1. The summed E-state index contributed by atoms with van der Waals surface area (Å²) < 4.78 is 0. The Morgan fingerprint density at radius 3 is 2.75 bits per heavy atom. The molecule has 0 aromatic heterocycles. The smallest absolute Gasteiger partial charge is 0.328 e. The summed E-state index contributed by atoms with van der Waals surface area (Å²) in [5.41, 5.74) is 1.51. The van der Waals surface area contributed by atoms with Gasteiger partial charge < -0.3 is 5.11 Å². The minimum absolute atomic E-state index is 0.162. The van der Waals surface area contributed by atoms with Crippen LogP contribution in [0, 0.1) is 6.92 Å². The van der Waals surface area contributed by atoms with Crippen LogP contribution < -0.4 is 10.2 Å². The molecular weight excluding hydrogens is 208 g/mol. The number of hydrogen-bond acceptors (Lipinski definition) is 3. The van der Waals surface area contributed by atoms with Gasteiger partial charge in [-0.05, 0) is 30.7 Å². The molecule has 1 aromatic carbocycles. The molecule has 5 heteroatoms. The third kappa shape index (κ3) is 1.84. The minimum Gasteiger partial charge on any atom is -0.508 e. The van der Waals surface area contributed by atoms with Gasteiger partial charge in [0, 0.05) is 18.7 Å². The number of urea groups is 1. The van der Waals surface area contributed by atoms with E-state index in [0.717, 1.165) is 5.56 Å². The first-order valence-electron chi connectivity index (χ1n) is 4.99. The van der Waals surface area contributed by atoms with Crippen LogP contribution in [0.3, 0.4) is 0 Å². The average molecular weight is 220 g/mol. The van der Waals surface area contributed by atoms with Crippen molar-refractivity contribution < 1.29 is 14.7 Å². The van der Waals surface area contributed by atoms with Crippen LogP contribution >= 0.6 is 0 Å². The first-order valence-corrected chi connectivity index (χ1v) is 4.99. The fraction of sp³-hybridized carbons (Fsp3) is 0.273. The fourth-order valence-corrected chi connectivity index (χ4v) is 1.74. The molecule has 1 aliphatic rings. The number of imide groups is 1. The van der Waals surface area contributed by atoms with Gasteiger partial charge >= 0.3 is 6.03 Å². The average Bonchev–Trinajstić information content (AvgIpc) is 2.19. The molecule has 1 fully saturated rings. The lowest BCUT2D eigenvalue weighted by Crippen LogP contribution is -2.49. The van der Waals surface area contributed by atoms with Crippen molar-refractivity contribution in [2.45, 2.75) is 13.3 Å². The molecule has 1 aliphatic heterocycles. The first kappa shape index (κ1) is 10.5. The SMILES string of the molecule is Cc1cc(O)ccc1N1CCC(=O)NC1=O. The Morgan fingerprint density at radius 2 is 2.12 bits per heavy atom. The monoisotopic (exact) mass is 220 g/mol. The fourth-order valence-electron chi connectivity index (χ4n) is 1.74. The highest BCUT2D eigenvalue weighted by atomic mass is 16.3. The lowest BCUT2D eigenvalue weighted by Gasteiger charge is -2.27. The summed E-state index contributed by atoms with van der Waals surface area (Å²) >= 11 is 0. The van der Waals surface area contributed by atoms with Crippen LogP contribution in [0.4, 0.5) is 10.5 Å². The number of carbonyl (C=O) groups is 2. The van der Waals surface area contributed by atoms with Crippen LogP contribution in [0.1, 0.15) is 12.0 Å². The summed E-state index contributed by atoms with van der Waals surface area (Å²) in [6.07, 6.45) is 0.298. The summed E-state index contributed by atoms with van der Waals surface area (Å²) in [6.45, 7) is 2.18. The Balaban J connectivity index is 2.30. The van der Waals surface area contributed by atoms with Crippen molar-refractivity contribution in [2.24, 2.45) is 0 Å². The molecule has 3 amide bonds. The van der Waals surface area contributed by atoms with Crippen molar-refractivity contribution in [1.82, 2.24) is 5.32 Å². The molecule has 0 unspecified atom stereocenters. The molecule has 0 bridgehead atoms. The van der Waals surface area contributed by atoms with E-state index in [9.17, 15) is 14.7 Å². The van der Waals surface area contributed by atoms with Gasteiger partial charge in [0.2, 0.25) is 5.91 Å². The number of nitrogens with one attached hydrogen (secondary N) is 1. The quantitative estimate of drug-likeness (QED) is 0.745. The van der Waals surface area contributed by atoms with Crippen LogP contribution in [0.25, 0.3) is 0 Å². The van der Waals surface area contributed by atoms with Crippen LogP contribution in [0.15, 0.2) is 18.2 Å². The molecule has 5 nitrogen and oxygen atoms in total. The number of phenolic OH excluding ortho intramolecular Hbond substituents is 1. The van der Waals surface area contributed by atoms with E-state index < -0.39 is 6.03 Å². The normalized spacial score (nSPS) is 16.2. The van der Waals surface area contributed by atoms with E-state index in [4.69, 9.17) is 0 Å². The van der Waals surface area contributed by atoms with Crippen LogP contribution in [-0.2, 0) is 4.79 Å². The Morgan fingerprint density at radius 1 is 1.38 bits per heavy atom. The number of benzene rings is 1. The van der Waals surface area contributed by atoms with Crippen molar-refractivity contribution >= 4 is 17.6 Å². The number of nitrogens with zero attached hydrogens (tertiary/aromatic N) is 1. The molecule has 2 N–H and O–H groups in total. The second-order valence-electron chi connectivity index (χ2n) is 3.73. The van der Waals surface area contributed by atoms with E-state index in [-0.39, 0.29) is 11.7 Å². The molecule has 1 saturated heterocycles. The largest absolute Gasteiger partial charge is 0.508 e. The van der Waals surface area contributed by atoms with Crippen LogP contribution in [0.2, 0.25) is 0 Å². The lowest BCUT2D eigenvalue weighted by atomic mass is 10.1. The highest BCUT2D eigenvalue weighted by Gasteiger charge is 2.25. The van der Waals surface area contributed by atoms with Gasteiger partial charge in [0.15, 0.2) is 0 Å². The number of rotatable bonds is 1. The zero-order valence-corrected chi connectivity index (χ0v) is 8.86. The van der Waals surface area contributed by atoms with E-state index in [1.165, 1.54) is 11.0 Å². The number of phenols is 1. The van der Waals surface area contributed by atoms with E-state index in [0.29, 0.717) is 18.7 Å². The number of hydrogen-bond donors (Lipinski definition) is 2. The Kier molecular flexibility index (Phi) is 2.52. The number of anilines is 1. The maximum atomic E-state index is 11.6. The standard InChI is InChI=1S/C11H12N2O3/c1-7-6-8(14)2-3-9(7)13-5-4-10(15)12-11(13)16/h2-3,6,14H,4-5H2,1H3,(H,12,15,16). The molecule has 1 aromatic rings. The Bertz CT molecular complexity index is 457. The predicted octanol–water partition coefficient (Wildman–Crippen LogP) is 1.15. The van der Waals surface area contributed by atoms with Crippen LogP contribution in [0.5, 0.6) is 5.75 Å². The Hall–Kier alpha value is -2.04.